The van der Waals surface area contributed by atoms with E-state index >= 15 is 0 Å². The zero-order valence-corrected chi connectivity index (χ0v) is 11.7. The van der Waals surface area contributed by atoms with Gasteiger partial charge < -0.3 is 14.2 Å². The lowest BCUT2D eigenvalue weighted by Crippen LogP contribution is -2.35. The van der Waals surface area contributed by atoms with Gasteiger partial charge in [-0.2, -0.15) is 0 Å². The third-order valence-corrected chi connectivity index (χ3v) is 3.63. The molecule has 20 heavy (non-hydrogen) atoms. The predicted molar refractivity (Wildman–Crippen MR) is 73.5 cm³/mol. The van der Waals surface area contributed by atoms with Gasteiger partial charge in [0.25, 0.3) is 0 Å². The molecular formula is C14H13ClN2O3. The molecule has 0 aliphatic carbocycles. The fraction of sp³-hybridized carbons (Fsp3) is 0.286. The monoisotopic (exact) mass is 292 g/mol. The molecule has 1 aromatic carbocycles. The van der Waals surface area contributed by atoms with Crippen LogP contribution in [0.1, 0.15) is 11.3 Å². The first-order valence-corrected chi connectivity index (χ1v) is 6.63. The number of hydrogen-bond acceptors (Lipinski definition) is 4. The van der Waals surface area contributed by atoms with Crippen LogP contribution in [0.5, 0.6) is 0 Å². The number of carbonyl (C=O) groups excluding carboxylic acids is 1. The zero-order chi connectivity index (χ0) is 14.1. The molecule has 5 nitrogen and oxygen atoms in total. The quantitative estimate of drug-likeness (QED) is 0.810. The van der Waals surface area contributed by atoms with Crippen LogP contribution < -0.4 is 0 Å². The van der Waals surface area contributed by atoms with Crippen LogP contribution in [-0.4, -0.2) is 29.8 Å². The number of nitrogens with zero attached hydrogens (tertiary/aromatic N) is 2. The molecule has 6 heteroatoms. The van der Waals surface area contributed by atoms with Gasteiger partial charge in [0.15, 0.2) is 5.76 Å². The van der Waals surface area contributed by atoms with Crippen LogP contribution in [-0.2, 0) is 17.7 Å². The van der Waals surface area contributed by atoms with Gasteiger partial charge in [-0.05, 0) is 24.3 Å². The second kappa shape index (κ2) is 5.17. The molecule has 1 amide bonds. The van der Waals surface area contributed by atoms with E-state index in [9.17, 15) is 4.79 Å². The van der Waals surface area contributed by atoms with E-state index in [0.29, 0.717) is 30.3 Å². The lowest BCUT2D eigenvalue weighted by Gasteiger charge is -2.24. The summed E-state index contributed by atoms with van der Waals surface area (Å²) in [5, 5.41) is 4.75. The summed E-state index contributed by atoms with van der Waals surface area (Å²) in [5.74, 6) is 0.685. The fourth-order valence-corrected chi connectivity index (χ4v) is 2.45. The second-order valence-electron chi connectivity index (χ2n) is 4.59. The minimum atomic E-state index is -0.334. The first-order chi connectivity index (χ1) is 9.69. The first kappa shape index (κ1) is 13.0. The van der Waals surface area contributed by atoms with Crippen LogP contribution in [0, 0.1) is 0 Å². The Morgan fingerprint density at radius 3 is 2.85 bits per heavy atom. The molecule has 0 saturated carbocycles. The van der Waals surface area contributed by atoms with Gasteiger partial charge in [0.2, 0.25) is 0 Å². The number of aromatic nitrogens is 1. The van der Waals surface area contributed by atoms with Crippen LogP contribution in [0.3, 0.4) is 0 Å². The highest BCUT2D eigenvalue weighted by Gasteiger charge is 2.27. The summed E-state index contributed by atoms with van der Waals surface area (Å²) in [6, 6.07) is 7.35. The molecule has 0 radical (unpaired) electrons. The van der Waals surface area contributed by atoms with Gasteiger partial charge in [0.05, 0.1) is 19.3 Å². The van der Waals surface area contributed by atoms with Crippen LogP contribution in [0.15, 0.2) is 28.8 Å². The first-order valence-electron chi connectivity index (χ1n) is 6.25. The van der Waals surface area contributed by atoms with E-state index in [1.807, 2.05) is 12.1 Å². The van der Waals surface area contributed by atoms with Crippen molar-refractivity contribution in [3.8, 4) is 11.3 Å². The Labute approximate surface area is 121 Å². The van der Waals surface area contributed by atoms with Crippen molar-refractivity contribution in [1.82, 2.24) is 10.1 Å². The summed E-state index contributed by atoms with van der Waals surface area (Å²) < 4.78 is 10.2. The molecule has 104 valence electrons. The number of hydrogen-bond donors (Lipinski definition) is 0. The molecule has 1 aromatic heterocycles. The highest BCUT2D eigenvalue weighted by atomic mass is 35.5. The van der Waals surface area contributed by atoms with E-state index in [1.165, 1.54) is 7.11 Å². The van der Waals surface area contributed by atoms with Gasteiger partial charge in [0.1, 0.15) is 0 Å². The Balaban J connectivity index is 1.94. The summed E-state index contributed by atoms with van der Waals surface area (Å²) in [5.41, 5.74) is 2.73. The number of rotatable bonds is 1. The summed E-state index contributed by atoms with van der Waals surface area (Å²) in [4.78, 5) is 13.3. The van der Waals surface area contributed by atoms with E-state index < -0.39 is 0 Å². The smallest absolute Gasteiger partial charge is 0.409 e. The largest absolute Gasteiger partial charge is 0.453 e. The average molecular weight is 293 g/mol. The van der Waals surface area contributed by atoms with Crippen LogP contribution >= 0.6 is 11.6 Å². The maximum absolute atomic E-state index is 11.6. The molecular weight excluding hydrogens is 280 g/mol. The molecule has 0 fully saturated rings. The van der Waals surface area contributed by atoms with Crippen molar-refractivity contribution >= 4 is 17.7 Å². The zero-order valence-electron chi connectivity index (χ0n) is 10.9. The molecule has 0 bridgehead atoms. The molecule has 0 saturated heterocycles. The van der Waals surface area contributed by atoms with Crippen molar-refractivity contribution in [3.05, 3.63) is 40.5 Å². The lowest BCUT2D eigenvalue weighted by molar-refractivity contribution is 0.118. The third-order valence-electron chi connectivity index (χ3n) is 3.38. The van der Waals surface area contributed by atoms with Gasteiger partial charge in [-0.25, -0.2) is 4.79 Å². The number of halogens is 1. The van der Waals surface area contributed by atoms with Crippen LogP contribution in [0.4, 0.5) is 4.79 Å². The molecule has 0 atom stereocenters. The van der Waals surface area contributed by atoms with E-state index in [1.54, 1.807) is 17.0 Å². The lowest BCUT2D eigenvalue weighted by atomic mass is 10.0. The highest BCUT2D eigenvalue weighted by Crippen LogP contribution is 2.31. The number of carbonyl (C=O) groups is 1. The van der Waals surface area contributed by atoms with Crippen molar-refractivity contribution in [1.29, 1.82) is 0 Å². The summed E-state index contributed by atoms with van der Waals surface area (Å²) >= 11 is 5.88. The third kappa shape index (κ3) is 2.25. The van der Waals surface area contributed by atoms with Gasteiger partial charge in [-0.3, -0.25) is 0 Å². The Morgan fingerprint density at radius 1 is 1.40 bits per heavy atom. The average Bonchev–Trinajstić information content (AvgIpc) is 2.90. The van der Waals surface area contributed by atoms with Crippen LogP contribution in [0.25, 0.3) is 11.3 Å². The van der Waals surface area contributed by atoms with E-state index in [0.717, 1.165) is 16.8 Å². The molecule has 1 aliphatic heterocycles. The summed E-state index contributed by atoms with van der Waals surface area (Å²) in [7, 11) is 1.38. The topological polar surface area (TPSA) is 55.6 Å². The van der Waals surface area contributed by atoms with E-state index in [-0.39, 0.29) is 6.09 Å². The number of fused-ring (bicyclic) bond motifs is 1. The molecule has 2 heterocycles. The Morgan fingerprint density at radius 2 is 2.15 bits per heavy atom. The molecule has 0 unspecified atom stereocenters. The number of methoxy groups -OCH3 is 1. The number of ether oxygens (including phenoxy) is 1. The second-order valence-corrected chi connectivity index (χ2v) is 5.02. The maximum atomic E-state index is 11.6. The predicted octanol–water partition coefficient (Wildman–Crippen LogP) is 3.12. The summed E-state index contributed by atoms with van der Waals surface area (Å²) in [6.45, 7) is 1.04. The van der Waals surface area contributed by atoms with Gasteiger partial charge in [-0.15, -0.1) is 0 Å². The molecule has 1 aliphatic rings. The Bertz CT molecular complexity index is 636. The SMILES string of the molecule is COC(=O)N1CCc2noc(-c3ccc(Cl)cc3)c2C1. The minimum absolute atomic E-state index is 0.334. The van der Waals surface area contributed by atoms with Gasteiger partial charge in [0, 0.05) is 29.1 Å². The molecule has 0 spiro atoms. The van der Waals surface area contributed by atoms with Gasteiger partial charge in [-0.1, -0.05) is 16.8 Å². The van der Waals surface area contributed by atoms with Crippen molar-refractivity contribution in [3.63, 3.8) is 0 Å². The maximum Gasteiger partial charge on any atom is 0.409 e. The molecule has 2 aromatic rings. The van der Waals surface area contributed by atoms with Gasteiger partial charge >= 0.3 is 6.09 Å². The van der Waals surface area contributed by atoms with E-state index in [4.69, 9.17) is 20.9 Å². The molecule has 0 N–H and O–H groups in total. The Kier molecular flexibility index (Phi) is 3.36. The van der Waals surface area contributed by atoms with E-state index in [2.05, 4.69) is 5.16 Å². The number of amides is 1. The highest BCUT2D eigenvalue weighted by molar-refractivity contribution is 6.30. The van der Waals surface area contributed by atoms with Crippen molar-refractivity contribution in [2.75, 3.05) is 13.7 Å². The molecule has 3 rings (SSSR count). The van der Waals surface area contributed by atoms with Crippen molar-refractivity contribution < 1.29 is 14.1 Å². The standard InChI is InChI=1S/C14H13ClN2O3/c1-19-14(18)17-7-6-12-11(8-17)13(20-16-12)9-2-4-10(15)5-3-9/h2-5H,6-8H2,1H3. The fourth-order valence-electron chi connectivity index (χ4n) is 2.33. The number of benzene rings is 1. The Hall–Kier alpha value is -2.01. The minimum Gasteiger partial charge on any atom is -0.453 e. The van der Waals surface area contributed by atoms with Crippen molar-refractivity contribution in [2.45, 2.75) is 13.0 Å². The summed E-state index contributed by atoms with van der Waals surface area (Å²) in [6.07, 6.45) is 0.334. The van der Waals surface area contributed by atoms with Crippen LogP contribution in [0.2, 0.25) is 5.02 Å². The normalized spacial score (nSPS) is 14.0. The van der Waals surface area contributed by atoms with Crippen molar-refractivity contribution in [2.24, 2.45) is 0 Å².